The minimum Gasteiger partial charge on any atom is -0.310 e. The highest BCUT2D eigenvalue weighted by Gasteiger charge is 2.26. The van der Waals surface area contributed by atoms with Gasteiger partial charge in [-0.3, -0.25) is 0 Å². The summed E-state index contributed by atoms with van der Waals surface area (Å²) in [6.07, 6.45) is 0. The Balaban J connectivity index is 1.06. The molecule has 0 fully saturated rings. The molecular formula is C58H39N3. The first-order valence-corrected chi connectivity index (χ1v) is 20.8. The van der Waals surface area contributed by atoms with E-state index in [9.17, 15) is 0 Å². The fraction of sp³-hybridized carbons (Fsp3) is 0. The summed E-state index contributed by atoms with van der Waals surface area (Å²) in [5.74, 6) is 0. The van der Waals surface area contributed by atoms with Crippen LogP contribution in [-0.2, 0) is 0 Å². The van der Waals surface area contributed by atoms with Crippen LogP contribution in [0.4, 0.5) is 34.1 Å². The second-order valence-electron chi connectivity index (χ2n) is 15.9. The van der Waals surface area contributed by atoms with Gasteiger partial charge >= 0.3 is 0 Å². The number of para-hydroxylation sites is 3. The van der Waals surface area contributed by atoms with Crippen molar-refractivity contribution in [3.63, 3.8) is 0 Å². The quantitative estimate of drug-likeness (QED) is 0.160. The van der Waals surface area contributed by atoms with Crippen molar-refractivity contribution in [2.45, 2.75) is 0 Å². The Morgan fingerprint density at radius 2 is 0.623 bits per heavy atom. The molecule has 61 heavy (non-hydrogen) atoms. The first-order chi connectivity index (χ1) is 30.1. The number of anilines is 6. The molecule has 0 atom stereocenters. The third-order valence-corrected chi connectivity index (χ3v) is 12.5. The molecule has 286 valence electrons. The lowest BCUT2D eigenvalue weighted by Crippen LogP contribution is -2.10. The van der Waals surface area contributed by atoms with Gasteiger partial charge in [0.2, 0.25) is 0 Å². The van der Waals surface area contributed by atoms with E-state index < -0.39 is 0 Å². The van der Waals surface area contributed by atoms with Crippen molar-refractivity contribution in [2.24, 2.45) is 0 Å². The highest BCUT2D eigenvalue weighted by molar-refractivity contribution is 6.12. The largest absolute Gasteiger partial charge is 0.310 e. The zero-order valence-electron chi connectivity index (χ0n) is 33.5. The van der Waals surface area contributed by atoms with Gasteiger partial charge in [-0.2, -0.15) is 0 Å². The molecule has 3 heteroatoms. The van der Waals surface area contributed by atoms with E-state index in [1.165, 1.54) is 55.3 Å². The predicted octanol–water partition coefficient (Wildman–Crippen LogP) is 15.8. The maximum Gasteiger partial charge on any atom is 0.0542 e. The highest BCUT2D eigenvalue weighted by atomic mass is 15.1. The first kappa shape index (κ1) is 34.9. The monoisotopic (exact) mass is 777 g/mol. The average molecular weight is 778 g/mol. The molecule has 0 amide bonds. The van der Waals surface area contributed by atoms with Crippen LogP contribution in [0.25, 0.3) is 60.9 Å². The van der Waals surface area contributed by atoms with Crippen molar-refractivity contribution in [3.8, 4) is 27.9 Å². The Bertz CT molecular complexity index is 3190. The van der Waals surface area contributed by atoms with Gasteiger partial charge in [0.15, 0.2) is 0 Å². The van der Waals surface area contributed by atoms with Crippen molar-refractivity contribution >= 4 is 67.1 Å². The molecular weight excluding hydrogens is 739 g/mol. The number of fused-ring (bicyclic) bond motifs is 9. The van der Waals surface area contributed by atoms with Gasteiger partial charge in [-0.1, -0.05) is 128 Å². The molecule has 9 aromatic carbocycles. The minimum absolute atomic E-state index is 1.06. The van der Waals surface area contributed by atoms with Crippen LogP contribution >= 0.6 is 0 Å². The number of rotatable bonds is 7. The fourth-order valence-corrected chi connectivity index (χ4v) is 9.75. The fourth-order valence-electron chi connectivity index (χ4n) is 9.75. The van der Waals surface area contributed by atoms with Crippen LogP contribution < -0.4 is 9.80 Å². The number of hydrogen-bond donors (Lipinski definition) is 0. The van der Waals surface area contributed by atoms with Gasteiger partial charge in [0.1, 0.15) is 0 Å². The number of hydrogen-bond acceptors (Lipinski definition) is 2. The third kappa shape index (κ3) is 5.45. The van der Waals surface area contributed by atoms with Crippen LogP contribution in [0.15, 0.2) is 225 Å². The summed E-state index contributed by atoms with van der Waals surface area (Å²) in [7, 11) is 0. The number of aromatic nitrogens is 1. The topological polar surface area (TPSA) is 11.4 Å². The zero-order valence-corrected chi connectivity index (χ0v) is 33.5. The lowest BCUT2D eigenvalue weighted by atomic mass is 10.0. The van der Waals surface area contributed by atoms with E-state index in [2.05, 4.69) is 240 Å². The summed E-state index contributed by atoms with van der Waals surface area (Å²) < 4.78 is 2.39. The molecule has 0 aliphatic heterocycles. The Hall–Kier alpha value is -8.14. The van der Waals surface area contributed by atoms with Gasteiger partial charge in [-0.15, -0.1) is 0 Å². The molecule has 0 saturated carbocycles. The standard InChI is InChI=1S/C58H39N3/c1-38-47-22-12-14-24-49(47)51-30-26-43(34-53(38)51)59(40-16-6-3-7-17-40)45-28-32-57-55(36-45)56-37-46(29-33-58(56)61(57)42-20-10-5-11-21-42)60(41-18-8-4-9-19-41)44-27-31-52-50-25-15-13-23-48(50)39(2)54(52)35-44/h3-37H,1-2H2. The second-order valence-corrected chi connectivity index (χ2v) is 15.9. The second kappa shape index (κ2) is 13.7. The SMILES string of the molecule is C=C1c2ccccc2-c2ccc(N(c3ccccc3)c3ccc4c(c3)c3cc(N(c5ccccc5)c5ccc6c(c5)C(=C)c5ccccc5-6)ccc3n4-c3ccccc3)cc21. The first-order valence-electron chi connectivity index (χ1n) is 20.8. The summed E-state index contributed by atoms with van der Waals surface area (Å²) in [5.41, 5.74) is 21.7. The van der Waals surface area contributed by atoms with Crippen molar-refractivity contribution in [1.82, 2.24) is 4.57 Å². The minimum atomic E-state index is 1.06. The van der Waals surface area contributed by atoms with Gasteiger partial charge in [0.25, 0.3) is 0 Å². The summed E-state index contributed by atoms with van der Waals surface area (Å²) in [6, 6.07) is 76.7. The van der Waals surface area contributed by atoms with Gasteiger partial charge in [-0.05, 0) is 153 Å². The summed E-state index contributed by atoms with van der Waals surface area (Å²) >= 11 is 0. The third-order valence-electron chi connectivity index (χ3n) is 12.5. The van der Waals surface area contributed by atoms with E-state index in [0.717, 1.165) is 62.0 Å². The molecule has 1 heterocycles. The molecule has 0 radical (unpaired) electrons. The zero-order chi connectivity index (χ0) is 40.6. The molecule has 0 spiro atoms. The summed E-state index contributed by atoms with van der Waals surface area (Å²) in [5, 5.41) is 2.34. The van der Waals surface area contributed by atoms with Gasteiger partial charge in [0.05, 0.1) is 11.0 Å². The van der Waals surface area contributed by atoms with E-state index >= 15 is 0 Å². The lowest BCUT2D eigenvalue weighted by Gasteiger charge is -2.26. The Kier molecular flexibility index (Phi) is 7.84. The lowest BCUT2D eigenvalue weighted by molar-refractivity contribution is 1.18. The van der Waals surface area contributed by atoms with E-state index in [4.69, 9.17) is 0 Å². The molecule has 12 rings (SSSR count). The average Bonchev–Trinajstić information content (AvgIpc) is 3.91. The van der Waals surface area contributed by atoms with E-state index in [1.807, 2.05) is 0 Å². The maximum atomic E-state index is 4.56. The van der Waals surface area contributed by atoms with Crippen LogP contribution in [0, 0.1) is 0 Å². The number of nitrogens with zero attached hydrogens (tertiary/aromatic N) is 3. The van der Waals surface area contributed by atoms with Gasteiger partial charge < -0.3 is 14.4 Å². The van der Waals surface area contributed by atoms with Crippen molar-refractivity contribution < 1.29 is 0 Å². The molecule has 3 nitrogen and oxygen atoms in total. The Morgan fingerprint density at radius 3 is 1.07 bits per heavy atom. The molecule has 2 aliphatic carbocycles. The smallest absolute Gasteiger partial charge is 0.0542 e. The normalized spacial score (nSPS) is 12.3. The van der Waals surface area contributed by atoms with Crippen LogP contribution in [0.3, 0.4) is 0 Å². The molecule has 2 aliphatic rings. The highest BCUT2D eigenvalue weighted by Crippen LogP contribution is 2.49. The molecule has 0 bridgehead atoms. The van der Waals surface area contributed by atoms with Gasteiger partial charge in [-0.25, -0.2) is 0 Å². The molecule has 0 saturated heterocycles. The van der Waals surface area contributed by atoms with Crippen molar-refractivity contribution in [1.29, 1.82) is 0 Å². The van der Waals surface area contributed by atoms with E-state index in [-0.39, 0.29) is 0 Å². The van der Waals surface area contributed by atoms with E-state index in [0.29, 0.717) is 0 Å². The van der Waals surface area contributed by atoms with Gasteiger partial charge in [0, 0.05) is 50.6 Å². The molecule has 10 aromatic rings. The van der Waals surface area contributed by atoms with Crippen molar-refractivity contribution in [2.75, 3.05) is 9.80 Å². The van der Waals surface area contributed by atoms with Crippen LogP contribution in [0.5, 0.6) is 0 Å². The predicted molar refractivity (Wildman–Crippen MR) is 257 cm³/mol. The molecule has 0 N–H and O–H groups in total. The van der Waals surface area contributed by atoms with Crippen LogP contribution in [0.1, 0.15) is 22.3 Å². The summed E-state index contributed by atoms with van der Waals surface area (Å²) in [4.78, 5) is 4.74. The molecule has 0 unspecified atom stereocenters. The summed E-state index contributed by atoms with van der Waals surface area (Å²) in [6.45, 7) is 9.11. The van der Waals surface area contributed by atoms with Crippen LogP contribution in [-0.4, -0.2) is 4.57 Å². The molecule has 1 aromatic heterocycles. The number of benzene rings is 9. The maximum absolute atomic E-state index is 4.56. The van der Waals surface area contributed by atoms with E-state index in [1.54, 1.807) is 0 Å². The van der Waals surface area contributed by atoms with Crippen molar-refractivity contribution in [3.05, 3.63) is 248 Å². The van der Waals surface area contributed by atoms with Crippen LogP contribution in [0.2, 0.25) is 0 Å². The Labute approximate surface area is 355 Å². The Morgan fingerprint density at radius 1 is 0.279 bits per heavy atom.